The quantitative estimate of drug-likeness (QED) is 0.622. The van der Waals surface area contributed by atoms with Crippen molar-refractivity contribution in [3.63, 3.8) is 0 Å². The summed E-state index contributed by atoms with van der Waals surface area (Å²) in [5.41, 5.74) is 2.44. The molecule has 0 aliphatic carbocycles. The molecule has 1 aliphatic heterocycles. The van der Waals surface area contributed by atoms with Crippen LogP contribution in [0.3, 0.4) is 0 Å². The molecular formula is C22H28N2O6S. The Hall–Kier alpha value is -2.62. The number of nitrogens with zero attached hydrogens (tertiary/aromatic N) is 1. The van der Waals surface area contributed by atoms with Crippen LogP contribution in [0.5, 0.6) is 11.5 Å². The fraction of sp³-hybridized carbons (Fsp3) is 0.409. The first-order chi connectivity index (χ1) is 14.8. The van der Waals surface area contributed by atoms with Crippen LogP contribution in [0.2, 0.25) is 0 Å². The molecule has 0 saturated carbocycles. The minimum atomic E-state index is -3.81. The third kappa shape index (κ3) is 5.75. The van der Waals surface area contributed by atoms with Gasteiger partial charge in [0, 0.05) is 18.7 Å². The minimum absolute atomic E-state index is 0.0314. The monoisotopic (exact) mass is 448 g/mol. The van der Waals surface area contributed by atoms with Crippen molar-refractivity contribution < 1.29 is 27.4 Å². The van der Waals surface area contributed by atoms with E-state index in [0.717, 1.165) is 16.9 Å². The predicted octanol–water partition coefficient (Wildman–Crippen LogP) is 2.14. The first-order valence-electron chi connectivity index (χ1n) is 10.1. The topological polar surface area (TPSA) is 94.2 Å². The van der Waals surface area contributed by atoms with Crippen LogP contribution in [-0.4, -0.2) is 65.2 Å². The summed E-state index contributed by atoms with van der Waals surface area (Å²) in [6.45, 7) is 5.76. The van der Waals surface area contributed by atoms with Crippen molar-refractivity contribution >= 4 is 15.9 Å². The maximum Gasteiger partial charge on any atom is 0.251 e. The van der Waals surface area contributed by atoms with Gasteiger partial charge < -0.3 is 19.5 Å². The number of ether oxygens (including phenoxy) is 3. The van der Waals surface area contributed by atoms with Crippen molar-refractivity contribution in [2.24, 2.45) is 0 Å². The number of hydrogen-bond acceptors (Lipinski definition) is 6. The van der Waals surface area contributed by atoms with Crippen molar-refractivity contribution in [3.8, 4) is 11.5 Å². The van der Waals surface area contributed by atoms with Gasteiger partial charge in [0.05, 0.1) is 26.9 Å². The van der Waals surface area contributed by atoms with Gasteiger partial charge in [-0.25, -0.2) is 8.42 Å². The molecule has 3 rings (SSSR count). The highest BCUT2D eigenvalue weighted by Gasteiger charge is 2.30. The van der Waals surface area contributed by atoms with Crippen LogP contribution in [0, 0.1) is 13.8 Å². The highest BCUT2D eigenvalue weighted by Crippen LogP contribution is 2.28. The van der Waals surface area contributed by atoms with Gasteiger partial charge in [-0.1, -0.05) is 6.07 Å². The SMILES string of the molecule is COc1ccc(C(=O)NCCOc2cc(C)cc(C)c2)cc1S(=O)(=O)N1CCOCC1. The molecule has 0 aromatic heterocycles. The minimum Gasteiger partial charge on any atom is -0.495 e. The van der Waals surface area contributed by atoms with E-state index in [1.54, 1.807) is 0 Å². The average Bonchev–Trinajstić information content (AvgIpc) is 2.76. The second-order valence-electron chi connectivity index (χ2n) is 7.31. The number of rotatable bonds is 8. The summed E-state index contributed by atoms with van der Waals surface area (Å²) in [6.07, 6.45) is 0. The van der Waals surface area contributed by atoms with E-state index in [1.165, 1.54) is 29.6 Å². The maximum atomic E-state index is 13.1. The van der Waals surface area contributed by atoms with Crippen LogP contribution in [0.4, 0.5) is 0 Å². The summed E-state index contributed by atoms with van der Waals surface area (Å²) in [6, 6.07) is 10.3. The summed E-state index contributed by atoms with van der Waals surface area (Å²) in [5.74, 6) is 0.557. The number of carbonyl (C=O) groups is 1. The zero-order chi connectivity index (χ0) is 22.4. The Kier molecular flexibility index (Phi) is 7.53. The molecule has 8 nitrogen and oxygen atoms in total. The van der Waals surface area contributed by atoms with Crippen LogP contribution in [-0.2, 0) is 14.8 Å². The summed E-state index contributed by atoms with van der Waals surface area (Å²) >= 11 is 0. The van der Waals surface area contributed by atoms with E-state index in [1.807, 2.05) is 26.0 Å². The van der Waals surface area contributed by atoms with Crippen LogP contribution in [0.15, 0.2) is 41.3 Å². The average molecular weight is 449 g/mol. The molecule has 1 heterocycles. The van der Waals surface area contributed by atoms with E-state index >= 15 is 0 Å². The van der Waals surface area contributed by atoms with Gasteiger partial charge in [-0.05, 0) is 55.3 Å². The lowest BCUT2D eigenvalue weighted by atomic mass is 10.1. The first-order valence-corrected chi connectivity index (χ1v) is 11.5. The summed E-state index contributed by atoms with van der Waals surface area (Å²) in [7, 11) is -2.41. The van der Waals surface area contributed by atoms with Crippen molar-refractivity contribution in [1.29, 1.82) is 0 Å². The fourth-order valence-corrected chi connectivity index (χ4v) is 4.99. The van der Waals surface area contributed by atoms with Gasteiger partial charge in [0.25, 0.3) is 5.91 Å². The van der Waals surface area contributed by atoms with Gasteiger partial charge in [-0.2, -0.15) is 4.31 Å². The number of amides is 1. The predicted molar refractivity (Wildman–Crippen MR) is 116 cm³/mol. The Morgan fingerprint density at radius 1 is 1.10 bits per heavy atom. The Balaban J connectivity index is 1.66. The molecule has 1 N–H and O–H groups in total. The van der Waals surface area contributed by atoms with Crippen molar-refractivity contribution in [1.82, 2.24) is 9.62 Å². The van der Waals surface area contributed by atoms with Gasteiger partial charge in [-0.3, -0.25) is 4.79 Å². The zero-order valence-electron chi connectivity index (χ0n) is 18.0. The van der Waals surface area contributed by atoms with Crippen LogP contribution in [0.25, 0.3) is 0 Å². The fourth-order valence-electron chi connectivity index (χ4n) is 3.40. The number of sulfonamides is 1. The third-order valence-electron chi connectivity index (χ3n) is 4.87. The lowest BCUT2D eigenvalue weighted by Crippen LogP contribution is -2.40. The second kappa shape index (κ2) is 10.1. The molecule has 168 valence electrons. The Bertz CT molecular complexity index is 1010. The molecule has 0 bridgehead atoms. The van der Waals surface area contributed by atoms with E-state index in [2.05, 4.69) is 11.4 Å². The van der Waals surface area contributed by atoms with E-state index in [0.29, 0.717) is 19.8 Å². The molecule has 1 aliphatic rings. The maximum absolute atomic E-state index is 13.1. The molecule has 0 spiro atoms. The summed E-state index contributed by atoms with van der Waals surface area (Å²) in [4.78, 5) is 12.6. The zero-order valence-corrected chi connectivity index (χ0v) is 18.8. The van der Waals surface area contributed by atoms with Crippen molar-refractivity contribution in [2.45, 2.75) is 18.7 Å². The molecular weight excluding hydrogens is 420 g/mol. The first kappa shape index (κ1) is 23.1. The van der Waals surface area contributed by atoms with Gasteiger partial charge in [0.1, 0.15) is 23.0 Å². The standard InChI is InChI=1S/C22H28N2O6S/c1-16-12-17(2)14-19(13-16)30-9-6-23-22(25)18-4-5-20(28-3)21(15-18)31(26,27)24-7-10-29-11-8-24/h4-5,12-15H,6-11H2,1-3H3,(H,23,25). The van der Waals surface area contributed by atoms with Gasteiger partial charge >= 0.3 is 0 Å². The third-order valence-corrected chi connectivity index (χ3v) is 6.79. The molecule has 2 aromatic rings. The van der Waals surface area contributed by atoms with Gasteiger partial charge in [-0.15, -0.1) is 0 Å². The Labute approximate surface area is 183 Å². The molecule has 1 fully saturated rings. The highest BCUT2D eigenvalue weighted by atomic mass is 32.2. The number of morpholine rings is 1. The molecule has 31 heavy (non-hydrogen) atoms. The van der Waals surface area contributed by atoms with Gasteiger partial charge in [0.2, 0.25) is 10.0 Å². The number of nitrogens with one attached hydrogen (secondary N) is 1. The largest absolute Gasteiger partial charge is 0.495 e. The molecule has 1 saturated heterocycles. The van der Waals surface area contributed by atoms with E-state index in [4.69, 9.17) is 14.2 Å². The second-order valence-corrected chi connectivity index (χ2v) is 9.22. The summed E-state index contributed by atoms with van der Waals surface area (Å²) in [5, 5.41) is 2.76. The number of methoxy groups -OCH3 is 1. The molecule has 0 unspecified atom stereocenters. The Morgan fingerprint density at radius 3 is 2.42 bits per heavy atom. The Morgan fingerprint density at radius 2 is 1.77 bits per heavy atom. The number of aryl methyl sites for hydroxylation is 2. The van der Waals surface area contributed by atoms with Crippen molar-refractivity contribution in [2.75, 3.05) is 46.6 Å². The lowest BCUT2D eigenvalue weighted by molar-refractivity contribution is 0.0729. The highest BCUT2D eigenvalue weighted by molar-refractivity contribution is 7.89. The molecule has 0 radical (unpaired) electrons. The normalized spacial score (nSPS) is 14.8. The van der Waals surface area contributed by atoms with Crippen LogP contribution in [0.1, 0.15) is 21.5 Å². The summed E-state index contributed by atoms with van der Waals surface area (Å²) < 4.78 is 43.6. The molecule has 1 amide bonds. The number of hydrogen-bond donors (Lipinski definition) is 1. The van der Waals surface area contributed by atoms with Crippen molar-refractivity contribution in [3.05, 3.63) is 53.1 Å². The number of benzene rings is 2. The molecule has 2 aromatic carbocycles. The van der Waals surface area contributed by atoms with Gasteiger partial charge in [0.15, 0.2) is 0 Å². The van der Waals surface area contributed by atoms with Crippen LogP contribution < -0.4 is 14.8 Å². The molecule has 9 heteroatoms. The molecule has 0 atom stereocenters. The van der Waals surface area contributed by atoms with E-state index in [9.17, 15) is 13.2 Å². The smallest absolute Gasteiger partial charge is 0.251 e. The van der Waals surface area contributed by atoms with Crippen LogP contribution >= 0.6 is 0 Å². The number of carbonyl (C=O) groups excluding carboxylic acids is 1. The lowest BCUT2D eigenvalue weighted by Gasteiger charge is -2.26. The van der Waals surface area contributed by atoms with E-state index in [-0.39, 0.29) is 41.7 Å². The van der Waals surface area contributed by atoms with E-state index < -0.39 is 10.0 Å².